The van der Waals surface area contributed by atoms with E-state index < -0.39 is 0 Å². The number of likely N-dealkylation sites (N-methyl/N-ethyl adjacent to an activating group) is 1. The number of nitrogens with one attached hydrogen (secondary N) is 2. The fourth-order valence-electron chi connectivity index (χ4n) is 2.31. The summed E-state index contributed by atoms with van der Waals surface area (Å²) in [6, 6.07) is 9.20. The van der Waals surface area contributed by atoms with Crippen molar-refractivity contribution >= 4 is 0 Å². The Labute approximate surface area is 97.2 Å². The quantitative estimate of drug-likeness (QED) is 0.804. The molecule has 2 rings (SSSR count). The predicted octanol–water partition coefficient (Wildman–Crippen LogP) is 1.24. The van der Waals surface area contributed by atoms with Gasteiger partial charge in [0.2, 0.25) is 0 Å². The molecule has 2 atom stereocenters. The minimum atomic E-state index is 0.321. The van der Waals surface area contributed by atoms with Gasteiger partial charge in [0.15, 0.2) is 0 Å². The van der Waals surface area contributed by atoms with Crippen LogP contribution in [-0.4, -0.2) is 32.8 Å². The lowest BCUT2D eigenvalue weighted by atomic mass is 9.95. The Hall–Kier alpha value is -0.900. The summed E-state index contributed by atoms with van der Waals surface area (Å²) >= 11 is 0. The van der Waals surface area contributed by atoms with Gasteiger partial charge in [0.1, 0.15) is 0 Å². The molecule has 1 saturated heterocycles. The summed E-state index contributed by atoms with van der Waals surface area (Å²) in [5, 5.41) is 6.89. The number of rotatable bonds is 3. The Morgan fingerprint density at radius 3 is 2.88 bits per heavy atom. The molecule has 2 unspecified atom stereocenters. The molecule has 0 aromatic heterocycles. The minimum Gasteiger partial charge on any atom is -0.378 e. The van der Waals surface area contributed by atoms with Gasteiger partial charge in [-0.1, -0.05) is 24.3 Å². The van der Waals surface area contributed by atoms with Crippen LogP contribution in [0.4, 0.5) is 0 Å². The molecular formula is C13H20N2O. The van der Waals surface area contributed by atoms with Crippen LogP contribution in [0.15, 0.2) is 24.3 Å². The molecule has 16 heavy (non-hydrogen) atoms. The summed E-state index contributed by atoms with van der Waals surface area (Å²) in [5.41, 5.74) is 2.68. The number of hydrogen-bond acceptors (Lipinski definition) is 3. The van der Waals surface area contributed by atoms with Gasteiger partial charge in [-0.3, -0.25) is 0 Å². The van der Waals surface area contributed by atoms with Crippen LogP contribution in [0.5, 0.6) is 0 Å². The molecule has 0 bridgehead atoms. The number of benzene rings is 1. The molecule has 1 aromatic carbocycles. The third-order valence-corrected chi connectivity index (χ3v) is 3.19. The second-order valence-electron chi connectivity index (χ2n) is 4.26. The molecule has 3 heteroatoms. The Kier molecular flexibility index (Phi) is 3.93. The van der Waals surface area contributed by atoms with Gasteiger partial charge in [-0.15, -0.1) is 0 Å². The monoisotopic (exact) mass is 220 g/mol. The first-order chi connectivity index (χ1) is 7.83. The van der Waals surface area contributed by atoms with Crippen molar-refractivity contribution in [2.75, 3.05) is 26.8 Å². The lowest BCUT2D eigenvalue weighted by Gasteiger charge is -2.32. The summed E-state index contributed by atoms with van der Waals surface area (Å²) in [4.78, 5) is 0. The molecule has 0 amide bonds. The minimum absolute atomic E-state index is 0.321. The summed E-state index contributed by atoms with van der Waals surface area (Å²) < 4.78 is 5.52. The molecular weight excluding hydrogens is 200 g/mol. The highest BCUT2D eigenvalue weighted by Gasteiger charge is 2.24. The average molecular weight is 220 g/mol. The topological polar surface area (TPSA) is 33.3 Å². The lowest BCUT2D eigenvalue weighted by Crippen LogP contribution is -2.48. The number of hydrogen-bond donors (Lipinski definition) is 2. The molecule has 1 aliphatic heterocycles. The third-order valence-electron chi connectivity index (χ3n) is 3.19. The highest BCUT2D eigenvalue weighted by molar-refractivity contribution is 5.30. The van der Waals surface area contributed by atoms with Crippen molar-refractivity contribution in [1.29, 1.82) is 0 Å². The molecule has 1 aliphatic rings. The van der Waals surface area contributed by atoms with Crippen molar-refractivity contribution in [3.05, 3.63) is 35.4 Å². The van der Waals surface area contributed by atoms with E-state index >= 15 is 0 Å². The summed E-state index contributed by atoms with van der Waals surface area (Å²) in [6.45, 7) is 4.69. The van der Waals surface area contributed by atoms with Crippen molar-refractivity contribution in [1.82, 2.24) is 10.6 Å². The summed E-state index contributed by atoms with van der Waals surface area (Å²) in [6.07, 6.45) is 0. The van der Waals surface area contributed by atoms with Gasteiger partial charge in [-0.05, 0) is 25.1 Å². The van der Waals surface area contributed by atoms with Crippen molar-refractivity contribution in [3.8, 4) is 0 Å². The maximum absolute atomic E-state index is 5.52. The fourth-order valence-corrected chi connectivity index (χ4v) is 2.31. The van der Waals surface area contributed by atoms with Crippen LogP contribution < -0.4 is 10.6 Å². The van der Waals surface area contributed by atoms with Crippen molar-refractivity contribution in [2.24, 2.45) is 0 Å². The molecule has 1 fully saturated rings. The second kappa shape index (κ2) is 5.43. The van der Waals surface area contributed by atoms with E-state index in [0.717, 1.165) is 19.8 Å². The van der Waals surface area contributed by atoms with Gasteiger partial charge in [0.25, 0.3) is 0 Å². The van der Waals surface area contributed by atoms with E-state index in [1.807, 2.05) is 7.05 Å². The smallest absolute Gasteiger partial charge is 0.0638 e. The molecule has 0 spiro atoms. The highest BCUT2D eigenvalue weighted by atomic mass is 16.5. The zero-order valence-electron chi connectivity index (χ0n) is 9.99. The maximum Gasteiger partial charge on any atom is 0.0638 e. The molecule has 2 N–H and O–H groups in total. The first-order valence-corrected chi connectivity index (χ1v) is 5.87. The van der Waals surface area contributed by atoms with Crippen molar-refractivity contribution in [3.63, 3.8) is 0 Å². The SMILES string of the molecule is CNC(c1ccccc1C)C1COCCN1. The summed E-state index contributed by atoms with van der Waals surface area (Å²) in [7, 11) is 2.01. The van der Waals surface area contributed by atoms with E-state index in [2.05, 4.69) is 41.8 Å². The van der Waals surface area contributed by atoms with Gasteiger partial charge in [0, 0.05) is 12.6 Å². The predicted molar refractivity (Wildman–Crippen MR) is 65.6 cm³/mol. The number of aryl methyl sites for hydroxylation is 1. The van der Waals surface area contributed by atoms with Crippen LogP contribution in [-0.2, 0) is 4.74 Å². The Morgan fingerprint density at radius 2 is 2.25 bits per heavy atom. The second-order valence-corrected chi connectivity index (χ2v) is 4.26. The average Bonchev–Trinajstić information content (AvgIpc) is 2.34. The molecule has 3 nitrogen and oxygen atoms in total. The molecule has 1 aromatic rings. The molecule has 1 heterocycles. The highest BCUT2D eigenvalue weighted by Crippen LogP contribution is 2.21. The van der Waals surface area contributed by atoms with Crippen LogP contribution in [0.1, 0.15) is 17.2 Å². The number of morpholine rings is 1. The Balaban J connectivity index is 2.18. The van der Waals surface area contributed by atoms with Gasteiger partial charge in [-0.25, -0.2) is 0 Å². The van der Waals surface area contributed by atoms with Crippen LogP contribution in [0.25, 0.3) is 0 Å². The molecule has 0 aliphatic carbocycles. The van der Waals surface area contributed by atoms with Crippen LogP contribution in [0, 0.1) is 6.92 Å². The van der Waals surface area contributed by atoms with Crippen LogP contribution in [0.3, 0.4) is 0 Å². The molecule has 0 saturated carbocycles. The van der Waals surface area contributed by atoms with E-state index in [1.54, 1.807) is 0 Å². The first-order valence-electron chi connectivity index (χ1n) is 5.87. The summed E-state index contributed by atoms with van der Waals surface area (Å²) in [5.74, 6) is 0. The van der Waals surface area contributed by atoms with Gasteiger partial charge in [-0.2, -0.15) is 0 Å². The van der Waals surface area contributed by atoms with E-state index in [4.69, 9.17) is 4.74 Å². The molecule has 0 radical (unpaired) electrons. The Morgan fingerprint density at radius 1 is 1.44 bits per heavy atom. The van der Waals surface area contributed by atoms with Crippen LogP contribution >= 0.6 is 0 Å². The van der Waals surface area contributed by atoms with E-state index in [9.17, 15) is 0 Å². The van der Waals surface area contributed by atoms with E-state index in [-0.39, 0.29) is 0 Å². The van der Waals surface area contributed by atoms with Crippen molar-refractivity contribution in [2.45, 2.75) is 19.0 Å². The van der Waals surface area contributed by atoms with Gasteiger partial charge >= 0.3 is 0 Å². The normalized spacial score (nSPS) is 23.0. The van der Waals surface area contributed by atoms with Gasteiger partial charge in [0.05, 0.1) is 19.3 Å². The standard InChI is InChI=1S/C13H20N2O/c1-10-5-3-4-6-11(10)13(14-2)12-9-16-8-7-15-12/h3-6,12-15H,7-9H2,1-2H3. The third kappa shape index (κ3) is 2.43. The van der Waals surface area contributed by atoms with E-state index in [0.29, 0.717) is 12.1 Å². The first kappa shape index (κ1) is 11.6. The zero-order valence-corrected chi connectivity index (χ0v) is 9.99. The van der Waals surface area contributed by atoms with Gasteiger partial charge < -0.3 is 15.4 Å². The zero-order chi connectivity index (χ0) is 11.4. The van der Waals surface area contributed by atoms with Crippen LogP contribution in [0.2, 0.25) is 0 Å². The fraction of sp³-hybridized carbons (Fsp3) is 0.538. The lowest BCUT2D eigenvalue weighted by molar-refractivity contribution is 0.0645. The van der Waals surface area contributed by atoms with Crippen molar-refractivity contribution < 1.29 is 4.74 Å². The Bertz CT molecular complexity index is 334. The maximum atomic E-state index is 5.52. The van der Waals surface area contributed by atoms with E-state index in [1.165, 1.54) is 11.1 Å². The largest absolute Gasteiger partial charge is 0.378 e. The number of ether oxygens (including phenoxy) is 1. The molecule has 88 valence electrons.